The van der Waals surface area contributed by atoms with Crippen LogP contribution in [0, 0.1) is 5.92 Å². The number of fused-ring (bicyclic) bond motifs is 2. The van der Waals surface area contributed by atoms with Gasteiger partial charge in [0.25, 0.3) is 0 Å². The van der Waals surface area contributed by atoms with Crippen molar-refractivity contribution in [3.05, 3.63) is 5.56 Å². The molecule has 0 aromatic carbocycles. The molecule has 5 nitrogen and oxygen atoms in total. The number of nitrogen functional groups attached to an aromatic ring is 1. The molecule has 2 fully saturated rings. The Morgan fingerprint density at radius 3 is 3.00 bits per heavy atom. The van der Waals surface area contributed by atoms with Gasteiger partial charge in [-0.3, -0.25) is 0 Å². The van der Waals surface area contributed by atoms with E-state index in [4.69, 9.17) is 10.5 Å². The Hall–Kier alpha value is -1.30. The third kappa shape index (κ3) is 1.58. The molecule has 2 atom stereocenters. The van der Waals surface area contributed by atoms with Crippen molar-refractivity contribution in [3.63, 3.8) is 0 Å². The Bertz CT molecular complexity index is 460. The van der Waals surface area contributed by atoms with E-state index in [1.165, 1.54) is 37.9 Å². The highest BCUT2D eigenvalue weighted by Crippen LogP contribution is 2.43. The van der Waals surface area contributed by atoms with Crippen LogP contribution in [0.4, 0.5) is 10.8 Å². The summed E-state index contributed by atoms with van der Waals surface area (Å²) in [5.74, 6) is 0.683. The van der Waals surface area contributed by atoms with Crippen molar-refractivity contribution in [1.29, 1.82) is 0 Å². The van der Waals surface area contributed by atoms with Crippen LogP contribution in [0.5, 0.6) is 0 Å². The summed E-state index contributed by atoms with van der Waals surface area (Å²) in [6.07, 6.45) is 3.75. The van der Waals surface area contributed by atoms with Crippen LogP contribution in [-0.4, -0.2) is 30.0 Å². The standard InChI is InChI=1S/C11H15N3O2S/c1-16-11(15)8-9(12)13-17-10(8)14-5-6-2-3-7(14)4-6/h6-7H,2-5H2,1H3,(H2,12,13). The first-order chi connectivity index (χ1) is 8.20. The second-order valence-electron chi connectivity index (χ2n) is 4.72. The van der Waals surface area contributed by atoms with Gasteiger partial charge in [-0.05, 0) is 36.7 Å². The molecular formula is C11H15N3O2S. The fourth-order valence-electron chi connectivity index (χ4n) is 2.96. The minimum absolute atomic E-state index is 0.291. The van der Waals surface area contributed by atoms with Crippen molar-refractivity contribution in [2.24, 2.45) is 5.92 Å². The fraction of sp³-hybridized carbons (Fsp3) is 0.636. The molecule has 2 unspecified atom stereocenters. The fourth-order valence-corrected chi connectivity index (χ4v) is 3.84. The third-order valence-electron chi connectivity index (χ3n) is 3.76. The number of nitrogens with zero attached hydrogens (tertiary/aromatic N) is 2. The highest BCUT2D eigenvalue weighted by molar-refractivity contribution is 7.11. The molecule has 1 saturated carbocycles. The number of ether oxygens (including phenoxy) is 1. The lowest BCUT2D eigenvalue weighted by molar-refractivity contribution is 0.0603. The van der Waals surface area contributed by atoms with E-state index in [1.54, 1.807) is 0 Å². The monoisotopic (exact) mass is 253 g/mol. The van der Waals surface area contributed by atoms with E-state index in [2.05, 4.69) is 9.27 Å². The maximum atomic E-state index is 11.7. The zero-order valence-electron chi connectivity index (χ0n) is 9.68. The zero-order chi connectivity index (χ0) is 12.0. The number of nitrogens with two attached hydrogens (primary N) is 1. The molecule has 1 aromatic heterocycles. The summed E-state index contributed by atoms with van der Waals surface area (Å²) in [4.78, 5) is 14.0. The normalized spacial score (nSPS) is 26.5. The number of anilines is 2. The van der Waals surface area contributed by atoms with Crippen LogP contribution in [0.2, 0.25) is 0 Å². The van der Waals surface area contributed by atoms with Gasteiger partial charge in [-0.1, -0.05) is 0 Å². The van der Waals surface area contributed by atoms with Gasteiger partial charge in [-0.2, -0.15) is 4.37 Å². The number of esters is 1. The van der Waals surface area contributed by atoms with Crippen LogP contribution >= 0.6 is 11.5 Å². The number of hydrogen-bond acceptors (Lipinski definition) is 6. The van der Waals surface area contributed by atoms with Crippen molar-refractivity contribution in [2.45, 2.75) is 25.3 Å². The summed E-state index contributed by atoms with van der Waals surface area (Å²) in [7, 11) is 1.37. The number of aromatic nitrogens is 1. The first-order valence-corrected chi connectivity index (χ1v) is 6.58. The lowest BCUT2D eigenvalue weighted by Crippen LogP contribution is -2.32. The number of carbonyl (C=O) groups excluding carboxylic acids is 1. The van der Waals surface area contributed by atoms with Gasteiger partial charge in [0.1, 0.15) is 10.6 Å². The van der Waals surface area contributed by atoms with Crippen LogP contribution in [-0.2, 0) is 4.74 Å². The van der Waals surface area contributed by atoms with Crippen LogP contribution in [0.15, 0.2) is 0 Å². The smallest absolute Gasteiger partial charge is 0.344 e. The predicted molar refractivity (Wildman–Crippen MR) is 66.3 cm³/mol. The summed E-state index contributed by atoms with van der Waals surface area (Å²) >= 11 is 1.31. The quantitative estimate of drug-likeness (QED) is 0.809. The molecule has 92 valence electrons. The summed E-state index contributed by atoms with van der Waals surface area (Å²) in [5, 5.41) is 0.890. The lowest BCUT2D eigenvalue weighted by atomic mass is 10.1. The van der Waals surface area contributed by atoms with Gasteiger partial charge >= 0.3 is 5.97 Å². The van der Waals surface area contributed by atoms with Gasteiger partial charge in [0.05, 0.1) is 7.11 Å². The minimum atomic E-state index is -0.381. The van der Waals surface area contributed by atoms with Gasteiger partial charge in [-0.15, -0.1) is 0 Å². The summed E-state index contributed by atoms with van der Waals surface area (Å²) in [6, 6.07) is 0.559. The molecule has 0 spiro atoms. The molecule has 6 heteroatoms. The summed E-state index contributed by atoms with van der Waals surface area (Å²) < 4.78 is 8.87. The first kappa shape index (κ1) is 10.8. The van der Waals surface area contributed by atoms with Crippen molar-refractivity contribution >= 4 is 28.3 Å². The lowest BCUT2D eigenvalue weighted by Gasteiger charge is -2.27. The van der Waals surface area contributed by atoms with Gasteiger partial charge in [0.15, 0.2) is 5.82 Å². The Balaban J connectivity index is 1.95. The molecule has 2 heterocycles. The number of methoxy groups -OCH3 is 1. The number of hydrogen-bond donors (Lipinski definition) is 1. The Morgan fingerprint density at radius 2 is 2.41 bits per heavy atom. The molecule has 2 bridgehead atoms. The average molecular weight is 253 g/mol. The SMILES string of the molecule is COC(=O)c1c(N)nsc1N1CC2CCC1C2. The van der Waals surface area contributed by atoms with E-state index >= 15 is 0 Å². The summed E-state index contributed by atoms with van der Waals surface area (Å²) in [6.45, 7) is 1.02. The molecule has 1 aliphatic carbocycles. The summed E-state index contributed by atoms with van der Waals surface area (Å²) in [5.41, 5.74) is 6.20. The molecule has 1 saturated heterocycles. The molecule has 1 aliphatic heterocycles. The van der Waals surface area contributed by atoms with E-state index in [0.29, 0.717) is 17.4 Å². The molecule has 2 N–H and O–H groups in total. The van der Waals surface area contributed by atoms with Gasteiger partial charge in [0.2, 0.25) is 0 Å². The maximum absolute atomic E-state index is 11.7. The van der Waals surface area contributed by atoms with E-state index in [0.717, 1.165) is 17.5 Å². The molecular weight excluding hydrogens is 238 g/mol. The molecule has 0 amide bonds. The number of rotatable bonds is 2. The Morgan fingerprint density at radius 1 is 1.59 bits per heavy atom. The second-order valence-corrected chi connectivity index (χ2v) is 5.48. The minimum Gasteiger partial charge on any atom is -0.465 e. The van der Waals surface area contributed by atoms with Crippen LogP contribution < -0.4 is 10.6 Å². The molecule has 2 aliphatic rings. The molecule has 0 radical (unpaired) electrons. The highest BCUT2D eigenvalue weighted by atomic mass is 32.1. The largest absolute Gasteiger partial charge is 0.465 e. The van der Waals surface area contributed by atoms with Crippen molar-refractivity contribution in [1.82, 2.24) is 4.37 Å². The Kier molecular flexibility index (Phi) is 2.47. The van der Waals surface area contributed by atoms with E-state index in [1.807, 2.05) is 0 Å². The van der Waals surface area contributed by atoms with Gasteiger partial charge < -0.3 is 15.4 Å². The van der Waals surface area contributed by atoms with Crippen LogP contribution in [0.25, 0.3) is 0 Å². The van der Waals surface area contributed by atoms with Crippen LogP contribution in [0.3, 0.4) is 0 Å². The topological polar surface area (TPSA) is 68.5 Å². The molecule has 1 aromatic rings. The van der Waals surface area contributed by atoms with Crippen LogP contribution in [0.1, 0.15) is 29.6 Å². The molecule has 17 heavy (non-hydrogen) atoms. The van der Waals surface area contributed by atoms with Gasteiger partial charge in [-0.25, -0.2) is 4.79 Å². The maximum Gasteiger partial charge on any atom is 0.344 e. The number of carbonyl (C=O) groups is 1. The van der Waals surface area contributed by atoms with E-state index in [-0.39, 0.29) is 5.97 Å². The first-order valence-electron chi connectivity index (χ1n) is 5.80. The van der Waals surface area contributed by atoms with Crippen molar-refractivity contribution < 1.29 is 9.53 Å². The van der Waals surface area contributed by atoms with Crippen molar-refractivity contribution in [2.75, 3.05) is 24.3 Å². The zero-order valence-corrected chi connectivity index (χ0v) is 10.5. The van der Waals surface area contributed by atoms with E-state index < -0.39 is 0 Å². The van der Waals surface area contributed by atoms with E-state index in [9.17, 15) is 4.79 Å². The van der Waals surface area contributed by atoms with Crippen molar-refractivity contribution in [3.8, 4) is 0 Å². The molecule has 3 rings (SSSR count). The van der Waals surface area contributed by atoms with Gasteiger partial charge in [0, 0.05) is 12.6 Å². The third-order valence-corrected chi connectivity index (χ3v) is 4.66. The average Bonchev–Trinajstić information content (AvgIpc) is 3.01. The second kappa shape index (κ2) is 3.87. The predicted octanol–water partition coefficient (Wildman–Crippen LogP) is 1.50. The highest BCUT2D eigenvalue weighted by Gasteiger charge is 2.40. The Labute approximate surface area is 104 Å². The number of piperidine rings is 1.